The molecule has 8 heteroatoms. The van der Waals surface area contributed by atoms with Gasteiger partial charge in [0.1, 0.15) is 6.10 Å². The summed E-state index contributed by atoms with van der Waals surface area (Å²) in [7, 11) is 2.76. The highest BCUT2D eigenvalue weighted by molar-refractivity contribution is 7.89. The Kier molecular flexibility index (Phi) is 10.6. The van der Waals surface area contributed by atoms with Crippen LogP contribution in [0.5, 0.6) is 0 Å². The molecule has 3 aliphatic rings. The topological polar surface area (TPSA) is 77.7 Å². The predicted molar refractivity (Wildman–Crippen MR) is 188 cm³/mol. The fourth-order valence-corrected chi connectivity index (χ4v) is 8.34. The lowest BCUT2D eigenvalue weighted by Gasteiger charge is -2.38. The van der Waals surface area contributed by atoms with Crippen LogP contribution in [0.25, 0.3) is 10.9 Å². The highest BCUT2D eigenvalue weighted by Gasteiger charge is 2.39. The number of aromatic nitrogens is 1. The number of hydrogen-bond acceptors (Lipinski definition) is 5. The summed E-state index contributed by atoms with van der Waals surface area (Å²) in [5.41, 5.74) is 6.10. The molecule has 46 heavy (non-hydrogen) atoms. The number of aromatic amines is 1. The van der Waals surface area contributed by atoms with E-state index < -0.39 is 10.0 Å². The first-order valence-electron chi connectivity index (χ1n) is 17.0. The molecule has 2 N–H and O–H groups in total. The van der Waals surface area contributed by atoms with E-state index in [2.05, 4.69) is 113 Å². The summed E-state index contributed by atoms with van der Waals surface area (Å²) in [6, 6.07) is 29.0. The second-order valence-electron chi connectivity index (χ2n) is 13.5. The Morgan fingerprint density at radius 1 is 0.870 bits per heavy atom. The van der Waals surface area contributed by atoms with E-state index in [1.54, 1.807) is 0 Å². The molecule has 7 nitrogen and oxygen atoms in total. The number of H-pyrrole nitrogens is 1. The zero-order valence-corrected chi connectivity index (χ0v) is 28.4. The van der Waals surface area contributed by atoms with Crippen LogP contribution in [0.15, 0.2) is 85.1 Å². The summed E-state index contributed by atoms with van der Waals surface area (Å²) in [6.07, 6.45) is 10.5. The second kappa shape index (κ2) is 14.8. The average molecular weight is 643 g/mol. The van der Waals surface area contributed by atoms with Crippen LogP contribution in [-0.4, -0.2) is 81.4 Å². The van der Waals surface area contributed by atoms with Crippen LogP contribution in [0.2, 0.25) is 0 Å². The maximum atomic E-state index is 11.6. The van der Waals surface area contributed by atoms with Gasteiger partial charge in [0.25, 0.3) is 0 Å². The largest absolute Gasteiger partial charge is 0.365 e. The molecular formula is C38H50N4O3S. The van der Waals surface area contributed by atoms with Crippen LogP contribution in [0.4, 0.5) is 0 Å². The van der Waals surface area contributed by atoms with Crippen LogP contribution in [-0.2, 0) is 21.2 Å². The number of likely N-dealkylation sites (tertiary alicyclic amines) is 1. The van der Waals surface area contributed by atoms with E-state index in [0.717, 1.165) is 24.2 Å². The Bertz CT molecular complexity index is 1600. The van der Waals surface area contributed by atoms with Crippen LogP contribution in [0.3, 0.4) is 0 Å². The molecule has 0 radical (unpaired) electrons. The number of sulfonamides is 1. The molecular weight excluding hydrogens is 593 g/mol. The Labute approximate surface area is 275 Å². The van der Waals surface area contributed by atoms with E-state index >= 15 is 0 Å². The smallest absolute Gasteiger partial charge is 0.211 e. The van der Waals surface area contributed by atoms with Gasteiger partial charge in [0.2, 0.25) is 10.0 Å². The van der Waals surface area contributed by atoms with Crippen molar-refractivity contribution in [1.29, 1.82) is 0 Å². The molecule has 4 heterocycles. The van der Waals surface area contributed by atoms with E-state index in [4.69, 9.17) is 4.74 Å². The van der Waals surface area contributed by atoms with Gasteiger partial charge in [-0.2, -0.15) is 0 Å². The van der Waals surface area contributed by atoms with Crippen LogP contribution in [0.1, 0.15) is 72.8 Å². The number of piperidine rings is 2. The summed E-state index contributed by atoms with van der Waals surface area (Å²) in [5, 5.41) is 1.25. The van der Waals surface area contributed by atoms with Gasteiger partial charge in [0, 0.05) is 29.2 Å². The van der Waals surface area contributed by atoms with Crippen molar-refractivity contribution in [2.24, 2.45) is 0 Å². The van der Waals surface area contributed by atoms with Gasteiger partial charge in [0.15, 0.2) is 0 Å². The zero-order valence-electron chi connectivity index (χ0n) is 27.6. The van der Waals surface area contributed by atoms with Gasteiger partial charge >= 0.3 is 0 Å². The summed E-state index contributed by atoms with van der Waals surface area (Å²) < 4.78 is 32.3. The summed E-state index contributed by atoms with van der Waals surface area (Å²) in [4.78, 5) is 8.31. The average Bonchev–Trinajstić information content (AvgIpc) is 3.58. The molecule has 4 aromatic rings. The van der Waals surface area contributed by atoms with Gasteiger partial charge in [-0.15, -0.1) is 0 Å². The number of rotatable bonds is 9. The number of fused-ring (bicyclic) bond motifs is 3. The predicted octanol–water partition coefficient (Wildman–Crippen LogP) is 6.49. The Balaban J connectivity index is 0.000000162. The Morgan fingerprint density at radius 3 is 2.07 bits per heavy atom. The van der Waals surface area contributed by atoms with Crippen LogP contribution < -0.4 is 4.72 Å². The van der Waals surface area contributed by atoms with Crippen LogP contribution in [0, 0.1) is 0 Å². The van der Waals surface area contributed by atoms with Gasteiger partial charge in [-0.05, 0) is 119 Å². The number of hydrogen-bond donors (Lipinski definition) is 2. The number of ether oxygens (including phenoxy) is 1. The third-order valence-corrected chi connectivity index (χ3v) is 11.9. The summed E-state index contributed by atoms with van der Waals surface area (Å²) >= 11 is 0. The maximum Gasteiger partial charge on any atom is 0.211 e. The number of aryl methyl sites for hydroxylation is 1. The standard InChI is InChI=1S/C21H25NO.C17H25N3O2S/c1-22-18-12-13-19(22)15-20(14-18)23-21(16-8-4-2-5-9-16)17-10-6-3-7-11-17;1-18-23(21,22)10-7-13-3-4-17-15(11-13)16(12-19-17)14-5-8-20(2)9-6-14/h2-11,18-21H,12-15H2,1H3;3-4,11-12,14,18-19H,5-10H2,1-2H3/t18-,19+,20?;. The molecule has 3 fully saturated rings. The van der Waals surface area contributed by atoms with Gasteiger partial charge in [0.05, 0.1) is 11.9 Å². The zero-order chi connectivity index (χ0) is 32.1. The highest BCUT2D eigenvalue weighted by atomic mass is 32.2. The maximum absolute atomic E-state index is 11.6. The molecule has 0 amide bonds. The molecule has 246 valence electrons. The second-order valence-corrected chi connectivity index (χ2v) is 15.5. The third kappa shape index (κ3) is 7.92. The molecule has 3 aromatic carbocycles. The first-order valence-corrected chi connectivity index (χ1v) is 18.6. The SMILES string of the molecule is CN1[C@@H]2CC[C@H]1CC(OC(c1ccccc1)c1ccccc1)C2.CNS(=O)(=O)CCc1ccc2[nH]cc(C3CCN(C)CC3)c2c1. The summed E-state index contributed by atoms with van der Waals surface area (Å²) in [6.45, 7) is 2.27. The monoisotopic (exact) mass is 642 g/mol. The molecule has 0 aliphatic carbocycles. The van der Waals surface area contributed by atoms with E-state index in [0.29, 0.717) is 30.5 Å². The minimum absolute atomic E-state index is 0.0465. The van der Waals surface area contributed by atoms with Gasteiger partial charge in [-0.3, -0.25) is 0 Å². The van der Waals surface area contributed by atoms with Crippen molar-refractivity contribution in [3.05, 3.63) is 107 Å². The molecule has 3 aliphatic heterocycles. The van der Waals surface area contributed by atoms with Crippen molar-refractivity contribution < 1.29 is 13.2 Å². The van der Waals surface area contributed by atoms with E-state index in [-0.39, 0.29) is 11.9 Å². The molecule has 0 saturated carbocycles. The van der Waals surface area contributed by atoms with Crippen molar-refractivity contribution in [3.63, 3.8) is 0 Å². The number of benzene rings is 3. The molecule has 7 rings (SSSR count). The minimum atomic E-state index is -3.16. The minimum Gasteiger partial charge on any atom is -0.365 e. The van der Waals surface area contributed by atoms with E-state index in [9.17, 15) is 8.42 Å². The lowest BCUT2D eigenvalue weighted by atomic mass is 9.89. The van der Waals surface area contributed by atoms with Gasteiger partial charge in [-0.1, -0.05) is 66.7 Å². The quantitative estimate of drug-likeness (QED) is 0.218. The van der Waals surface area contributed by atoms with Crippen molar-refractivity contribution in [1.82, 2.24) is 19.5 Å². The molecule has 1 aromatic heterocycles. The molecule has 2 bridgehead atoms. The van der Waals surface area contributed by atoms with Crippen molar-refractivity contribution >= 4 is 20.9 Å². The molecule has 3 atom stereocenters. The normalized spacial score (nSPS) is 22.7. The fraction of sp³-hybridized carbons (Fsp3) is 0.474. The fourth-order valence-electron chi connectivity index (χ4n) is 7.63. The molecule has 3 saturated heterocycles. The lowest BCUT2D eigenvalue weighted by molar-refractivity contribution is -0.0426. The van der Waals surface area contributed by atoms with Gasteiger partial charge in [-0.25, -0.2) is 13.1 Å². The highest BCUT2D eigenvalue weighted by Crippen LogP contribution is 2.39. The number of nitrogens with zero attached hydrogens (tertiary/aromatic N) is 2. The van der Waals surface area contributed by atoms with E-state index in [1.165, 1.54) is 67.6 Å². The van der Waals surface area contributed by atoms with E-state index in [1.807, 2.05) is 6.07 Å². The van der Waals surface area contributed by atoms with Crippen molar-refractivity contribution in [2.75, 3.05) is 40.0 Å². The third-order valence-electron chi connectivity index (χ3n) is 10.5. The first kappa shape index (κ1) is 32.9. The molecule has 0 spiro atoms. The van der Waals surface area contributed by atoms with Crippen LogP contribution >= 0.6 is 0 Å². The molecule has 1 unspecified atom stereocenters. The Morgan fingerprint density at radius 2 is 1.48 bits per heavy atom. The summed E-state index contributed by atoms with van der Waals surface area (Å²) in [5.74, 6) is 0.722. The lowest BCUT2D eigenvalue weighted by Crippen LogP contribution is -2.43. The van der Waals surface area contributed by atoms with Crippen molar-refractivity contribution in [2.45, 2.75) is 75.2 Å². The first-order chi connectivity index (χ1) is 22.3. The van der Waals surface area contributed by atoms with Gasteiger partial charge < -0.3 is 19.5 Å². The number of nitrogens with one attached hydrogen (secondary N) is 2. The van der Waals surface area contributed by atoms with Crippen molar-refractivity contribution in [3.8, 4) is 0 Å². The Hall–Kier alpha value is -3.01.